The van der Waals surface area contributed by atoms with Crippen LogP contribution in [-0.4, -0.2) is 36.8 Å². The number of hydrogen-bond acceptors (Lipinski definition) is 3. The monoisotopic (exact) mass is 281 g/mol. The van der Waals surface area contributed by atoms with E-state index in [-0.39, 0.29) is 5.91 Å². The first kappa shape index (κ1) is 15.9. The molecule has 0 aliphatic rings. The van der Waals surface area contributed by atoms with Gasteiger partial charge in [0.25, 0.3) is 0 Å². The summed E-state index contributed by atoms with van der Waals surface area (Å²) in [5.41, 5.74) is 0. The number of benzene rings is 1. The minimum absolute atomic E-state index is 0.219. The molecule has 1 rings (SSSR count). The fourth-order valence-corrected chi connectivity index (χ4v) is 2.52. The number of thioether (sulfide) groups is 1. The Labute approximate surface area is 120 Å². The topological polar surface area (TPSA) is 29.5 Å². The van der Waals surface area contributed by atoms with Gasteiger partial charge in [-0.2, -0.15) is 0 Å². The molecule has 0 N–H and O–H groups in total. The van der Waals surface area contributed by atoms with Gasteiger partial charge in [0.2, 0.25) is 5.91 Å². The van der Waals surface area contributed by atoms with E-state index in [2.05, 4.69) is 6.92 Å². The lowest BCUT2D eigenvalue weighted by molar-refractivity contribution is -0.128. The zero-order valence-corrected chi connectivity index (χ0v) is 12.8. The van der Waals surface area contributed by atoms with Crippen molar-refractivity contribution >= 4 is 17.7 Å². The van der Waals surface area contributed by atoms with Crippen LogP contribution in [0.2, 0.25) is 0 Å². The molecule has 0 saturated heterocycles. The van der Waals surface area contributed by atoms with Crippen LogP contribution in [0.15, 0.2) is 29.2 Å². The van der Waals surface area contributed by atoms with Gasteiger partial charge in [-0.15, -0.1) is 11.8 Å². The largest absolute Gasteiger partial charge is 0.497 e. The molecule has 0 radical (unpaired) electrons. The summed E-state index contributed by atoms with van der Waals surface area (Å²) in [6, 6.07) is 7.81. The Kier molecular flexibility index (Phi) is 7.41. The molecule has 1 aromatic carbocycles. The number of methoxy groups -OCH3 is 1. The molecule has 0 saturated carbocycles. The second kappa shape index (κ2) is 8.86. The van der Waals surface area contributed by atoms with Crippen molar-refractivity contribution < 1.29 is 9.53 Å². The standard InChI is InChI=1S/C15H23NO2S/c1-4-6-11-16(5-2)15(17)12-19-14-9-7-13(18-3)8-10-14/h7-10H,4-6,11-12H2,1-3H3. The SMILES string of the molecule is CCCCN(CC)C(=O)CSc1ccc(OC)cc1. The highest BCUT2D eigenvalue weighted by atomic mass is 32.2. The van der Waals surface area contributed by atoms with Crippen molar-refractivity contribution in [3.05, 3.63) is 24.3 Å². The number of carbonyl (C=O) groups excluding carboxylic acids is 1. The molecule has 0 aliphatic heterocycles. The second-order valence-corrected chi connectivity index (χ2v) is 5.34. The first-order chi connectivity index (χ1) is 9.21. The minimum Gasteiger partial charge on any atom is -0.497 e. The van der Waals surface area contributed by atoms with Crippen LogP contribution in [0.25, 0.3) is 0 Å². The first-order valence-electron chi connectivity index (χ1n) is 6.75. The molecule has 0 bridgehead atoms. The molecule has 0 heterocycles. The van der Waals surface area contributed by atoms with Gasteiger partial charge in [-0.25, -0.2) is 0 Å². The van der Waals surface area contributed by atoms with Crippen molar-refractivity contribution in [2.45, 2.75) is 31.6 Å². The maximum Gasteiger partial charge on any atom is 0.232 e. The van der Waals surface area contributed by atoms with Crippen molar-refractivity contribution in [1.82, 2.24) is 4.90 Å². The summed E-state index contributed by atoms with van der Waals surface area (Å²) in [4.78, 5) is 15.1. The van der Waals surface area contributed by atoms with Crippen LogP contribution in [0.3, 0.4) is 0 Å². The molecule has 1 amide bonds. The average Bonchev–Trinajstić information content (AvgIpc) is 2.46. The van der Waals surface area contributed by atoms with Crippen molar-refractivity contribution in [3.63, 3.8) is 0 Å². The van der Waals surface area contributed by atoms with E-state index in [1.54, 1.807) is 18.9 Å². The highest BCUT2D eigenvalue weighted by Gasteiger charge is 2.11. The summed E-state index contributed by atoms with van der Waals surface area (Å²) in [6.45, 7) is 5.84. The Bertz CT molecular complexity index is 378. The van der Waals surface area contributed by atoms with E-state index in [1.165, 1.54) is 0 Å². The lowest BCUT2D eigenvalue weighted by Gasteiger charge is -2.20. The maximum absolute atomic E-state index is 12.1. The van der Waals surface area contributed by atoms with E-state index in [0.717, 1.165) is 36.6 Å². The van der Waals surface area contributed by atoms with E-state index in [1.807, 2.05) is 36.1 Å². The van der Waals surface area contributed by atoms with Gasteiger partial charge in [0, 0.05) is 18.0 Å². The summed E-state index contributed by atoms with van der Waals surface area (Å²) in [6.07, 6.45) is 2.20. The Hall–Kier alpha value is -1.16. The Balaban J connectivity index is 2.43. The molecule has 1 aromatic rings. The van der Waals surface area contributed by atoms with Crippen LogP contribution >= 0.6 is 11.8 Å². The summed E-state index contributed by atoms with van der Waals surface area (Å²) in [5, 5.41) is 0. The third-order valence-electron chi connectivity index (χ3n) is 2.94. The van der Waals surface area contributed by atoms with E-state index in [0.29, 0.717) is 5.75 Å². The third kappa shape index (κ3) is 5.55. The van der Waals surface area contributed by atoms with Gasteiger partial charge in [-0.3, -0.25) is 4.79 Å². The number of ether oxygens (including phenoxy) is 1. The van der Waals surface area contributed by atoms with Crippen molar-refractivity contribution in [2.75, 3.05) is 26.0 Å². The molecule has 19 heavy (non-hydrogen) atoms. The van der Waals surface area contributed by atoms with Gasteiger partial charge >= 0.3 is 0 Å². The van der Waals surface area contributed by atoms with E-state index >= 15 is 0 Å². The molecule has 0 fully saturated rings. The van der Waals surface area contributed by atoms with Crippen LogP contribution in [0, 0.1) is 0 Å². The fourth-order valence-electron chi connectivity index (χ4n) is 1.72. The lowest BCUT2D eigenvalue weighted by Crippen LogP contribution is -2.33. The number of carbonyl (C=O) groups is 1. The number of rotatable bonds is 8. The molecule has 0 aliphatic carbocycles. The van der Waals surface area contributed by atoms with Gasteiger partial charge in [0.05, 0.1) is 12.9 Å². The molecule has 0 aromatic heterocycles. The molecule has 4 heteroatoms. The van der Waals surface area contributed by atoms with Crippen LogP contribution in [-0.2, 0) is 4.79 Å². The summed E-state index contributed by atoms with van der Waals surface area (Å²) in [5.74, 6) is 1.56. The van der Waals surface area contributed by atoms with Crippen molar-refractivity contribution in [1.29, 1.82) is 0 Å². The third-order valence-corrected chi connectivity index (χ3v) is 3.93. The number of nitrogens with zero attached hydrogens (tertiary/aromatic N) is 1. The van der Waals surface area contributed by atoms with Gasteiger partial charge < -0.3 is 9.64 Å². The predicted octanol–water partition coefficient (Wildman–Crippen LogP) is 3.44. The molecule has 3 nitrogen and oxygen atoms in total. The Morgan fingerprint density at radius 2 is 1.95 bits per heavy atom. The molecular weight excluding hydrogens is 258 g/mol. The van der Waals surface area contributed by atoms with Crippen LogP contribution < -0.4 is 4.74 Å². The molecule has 0 unspecified atom stereocenters. The van der Waals surface area contributed by atoms with Gasteiger partial charge in [-0.05, 0) is 37.6 Å². The first-order valence-corrected chi connectivity index (χ1v) is 7.74. The fraction of sp³-hybridized carbons (Fsp3) is 0.533. The van der Waals surface area contributed by atoms with Crippen molar-refractivity contribution in [3.8, 4) is 5.75 Å². The second-order valence-electron chi connectivity index (χ2n) is 4.29. The van der Waals surface area contributed by atoms with E-state index in [9.17, 15) is 4.79 Å². The number of unbranched alkanes of at least 4 members (excludes halogenated alkanes) is 1. The number of hydrogen-bond donors (Lipinski definition) is 0. The zero-order valence-electron chi connectivity index (χ0n) is 12.0. The van der Waals surface area contributed by atoms with Crippen molar-refractivity contribution in [2.24, 2.45) is 0 Å². The number of amides is 1. The zero-order chi connectivity index (χ0) is 14.1. The summed E-state index contributed by atoms with van der Waals surface area (Å²) >= 11 is 1.58. The highest BCUT2D eigenvalue weighted by molar-refractivity contribution is 8.00. The molecule has 0 spiro atoms. The van der Waals surface area contributed by atoms with E-state index < -0.39 is 0 Å². The van der Waals surface area contributed by atoms with Gasteiger partial charge in [-0.1, -0.05) is 13.3 Å². The van der Waals surface area contributed by atoms with Crippen LogP contribution in [0.4, 0.5) is 0 Å². The molecule has 0 atom stereocenters. The summed E-state index contributed by atoms with van der Waals surface area (Å²) < 4.78 is 5.11. The van der Waals surface area contributed by atoms with Crippen LogP contribution in [0.5, 0.6) is 5.75 Å². The molecular formula is C15H23NO2S. The Morgan fingerprint density at radius 1 is 1.26 bits per heavy atom. The van der Waals surface area contributed by atoms with Gasteiger partial charge in [0.15, 0.2) is 0 Å². The van der Waals surface area contributed by atoms with Gasteiger partial charge in [0.1, 0.15) is 5.75 Å². The highest BCUT2D eigenvalue weighted by Crippen LogP contribution is 2.21. The molecule has 106 valence electrons. The smallest absolute Gasteiger partial charge is 0.232 e. The minimum atomic E-state index is 0.219. The summed E-state index contributed by atoms with van der Waals surface area (Å²) in [7, 11) is 1.65. The van der Waals surface area contributed by atoms with Crippen LogP contribution in [0.1, 0.15) is 26.7 Å². The average molecular weight is 281 g/mol. The predicted molar refractivity (Wildman–Crippen MR) is 80.9 cm³/mol. The normalized spacial score (nSPS) is 10.3. The quantitative estimate of drug-likeness (QED) is 0.684. The Morgan fingerprint density at radius 3 is 2.47 bits per heavy atom. The van der Waals surface area contributed by atoms with E-state index in [4.69, 9.17) is 4.74 Å². The maximum atomic E-state index is 12.1. The lowest BCUT2D eigenvalue weighted by atomic mass is 10.3.